The minimum Gasteiger partial charge on any atom is -0.305 e. The lowest BCUT2D eigenvalue weighted by Gasteiger charge is -2.07. The van der Waals surface area contributed by atoms with Crippen LogP contribution in [-0.4, -0.2) is 21.1 Å². The van der Waals surface area contributed by atoms with Crippen molar-refractivity contribution < 1.29 is 4.79 Å². The average Bonchev–Trinajstić information content (AvgIpc) is 2.70. The number of hydrogen-bond donors (Lipinski definition) is 2. The molecule has 6 heteroatoms. The number of benzene rings is 2. The van der Waals surface area contributed by atoms with Gasteiger partial charge in [0, 0.05) is 17.1 Å². The molecule has 4 rings (SSSR count). The van der Waals surface area contributed by atoms with E-state index in [2.05, 4.69) is 20.5 Å². The van der Waals surface area contributed by atoms with Gasteiger partial charge in [-0.1, -0.05) is 48.5 Å². The smallest absolute Gasteiger partial charge is 0.277 e. The van der Waals surface area contributed by atoms with Crippen molar-refractivity contribution in [3.8, 4) is 11.1 Å². The quantitative estimate of drug-likeness (QED) is 0.598. The topological polar surface area (TPSA) is 87.7 Å². The van der Waals surface area contributed by atoms with Crippen LogP contribution in [0.4, 0.5) is 5.82 Å². The van der Waals surface area contributed by atoms with Crippen LogP contribution in [0.2, 0.25) is 0 Å². The molecule has 0 radical (unpaired) electrons. The van der Waals surface area contributed by atoms with Gasteiger partial charge in [-0.25, -0.2) is 10.1 Å². The molecular weight excluding hydrogens is 328 g/mol. The van der Waals surface area contributed by atoms with Gasteiger partial charge >= 0.3 is 0 Å². The van der Waals surface area contributed by atoms with Crippen LogP contribution in [0.15, 0.2) is 77.7 Å². The monoisotopic (exact) mass is 342 g/mol. The summed E-state index contributed by atoms with van der Waals surface area (Å²) in [6, 6.07) is 20.3. The molecule has 0 bridgehead atoms. The lowest BCUT2D eigenvalue weighted by molar-refractivity contribution is 0.102. The van der Waals surface area contributed by atoms with Gasteiger partial charge in [0.25, 0.3) is 11.5 Å². The normalized spacial score (nSPS) is 10.6. The van der Waals surface area contributed by atoms with Crippen LogP contribution in [0.25, 0.3) is 21.9 Å². The predicted octanol–water partition coefficient (Wildman–Crippen LogP) is 3.24. The first-order valence-electron chi connectivity index (χ1n) is 8.02. The highest BCUT2D eigenvalue weighted by Gasteiger charge is 2.14. The van der Waals surface area contributed by atoms with Crippen LogP contribution in [0.3, 0.4) is 0 Å². The maximum Gasteiger partial charge on any atom is 0.277 e. The van der Waals surface area contributed by atoms with Crippen LogP contribution in [0.5, 0.6) is 0 Å². The third-order valence-electron chi connectivity index (χ3n) is 4.02. The van der Waals surface area contributed by atoms with Crippen molar-refractivity contribution in [2.45, 2.75) is 0 Å². The number of carbonyl (C=O) groups excluding carboxylic acids is 1. The van der Waals surface area contributed by atoms with Gasteiger partial charge in [-0.3, -0.25) is 9.59 Å². The molecule has 0 spiro atoms. The van der Waals surface area contributed by atoms with Crippen LogP contribution in [0, 0.1) is 0 Å². The SMILES string of the molecule is O=C(Nc1ccc(-c2ccccc2)cn1)c1n[nH]c(=O)c2ccccc12. The summed E-state index contributed by atoms with van der Waals surface area (Å²) in [5.74, 6) is -0.0239. The summed E-state index contributed by atoms with van der Waals surface area (Å²) in [4.78, 5) is 28.7. The molecule has 0 saturated heterocycles. The van der Waals surface area contributed by atoms with E-state index in [1.165, 1.54) is 0 Å². The van der Waals surface area contributed by atoms with Gasteiger partial charge in [0.2, 0.25) is 0 Å². The fraction of sp³-hybridized carbons (Fsp3) is 0. The minimum absolute atomic E-state index is 0.147. The van der Waals surface area contributed by atoms with E-state index in [-0.39, 0.29) is 11.3 Å². The molecule has 4 aromatic rings. The Balaban J connectivity index is 1.61. The Kier molecular flexibility index (Phi) is 3.99. The Morgan fingerprint density at radius 2 is 1.58 bits per heavy atom. The minimum atomic E-state index is -0.433. The summed E-state index contributed by atoms with van der Waals surface area (Å²) in [5, 5.41) is 9.87. The molecule has 2 N–H and O–H groups in total. The van der Waals surface area contributed by atoms with Crippen molar-refractivity contribution in [2.75, 3.05) is 5.32 Å². The largest absolute Gasteiger partial charge is 0.305 e. The number of amides is 1. The molecule has 1 amide bonds. The first-order valence-corrected chi connectivity index (χ1v) is 8.02. The van der Waals surface area contributed by atoms with E-state index in [0.29, 0.717) is 16.6 Å². The zero-order valence-corrected chi connectivity index (χ0v) is 13.6. The van der Waals surface area contributed by atoms with Crippen LogP contribution < -0.4 is 10.9 Å². The van der Waals surface area contributed by atoms with Crippen molar-refractivity contribution in [3.05, 3.63) is 89.0 Å². The summed E-state index contributed by atoms with van der Waals surface area (Å²) >= 11 is 0. The molecule has 0 unspecified atom stereocenters. The second-order valence-corrected chi connectivity index (χ2v) is 5.70. The molecule has 0 fully saturated rings. The third kappa shape index (κ3) is 2.95. The Hall–Kier alpha value is -3.80. The van der Waals surface area contributed by atoms with E-state index >= 15 is 0 Å². The maximum atomic E-state index is 12.6. The number of nitrogens with one attached hydrogen (secondary N) is 2. The Labute approximate surface area is 148 Å². The predicted molar refractivity (Wildman–Crippen MR) is 100.0 cm³/mol. The zero-order valence-electron chi connectivity index (χ0n) is 13.6. The highest BCUT2D eigenvalue weighted by Crippen LogP contribution is 2.19. The van der Waals surface area contributed by atoms with Gasteiger partial charge in [-0.15, -0.1) is 0 Å². The molecule has 0 aliphatic rings. The fourth-order valence-electron chi connectivity index (χ4n) is 2.73. The summed E-state index contributed by atoms with van der Waals surface area (Å²) in [6.45, 7) is 0. The number of rotatable bonds is 3. The number of anilines is 1. The lowest BCUT2D eigenvalue weighted by Crippen LogP contribution is -2.19. The molecule has 0 aliphatic heterocycles. The Morgan fingerprint density at radius 3 is 2.31 bits per heavy atom. The van der Waals surface area contributed by atoms with Gasteiger partial charge < -0.3 is 5.32 Å². The van der Waals surface area contributed by atoms with Crippen LogP contribution >= 0.6 is 0 Å². The van der Waals surface area contributed by atoms with Crippen molar-refractivity contribution in [2.24, 2.45) is 0 Å². The number of pyridine rings is 1. The Morgan fingerprint density at radius 1 is 0.846 bits per heavy atom. The summed E-state index contributed by atoms with van der Waals surface area (Å²) in [6.07, 6.45) is 1.70. The number of aromatic nitrogens is 3. The first kappa shape index (κ1) is 15.7. The molecule has 2 heterocycles. The zero-order chi connectivity index (χ0) is 17.9. The van der Waals surface area contributed by atoms with Gasteiger partial charge in [0.05, 0.1) is 5.39 Å². The molecule has 0 aliphatic carbocycles. The highest BCUT2D eigenvalue weighted by atomic mass is 16.2. The highest BCUT2D eigenvalue weighted by molar-refractivity contribution is 6.10. The molecule has 2 aromatic carbocycles. The summed E-state index contributed by atoms with van der Waals surface area (Å²) in [7, 11) is 0. The number of carbonyl (C=O) groups is 1. The van der Waals surface area contributed by atoms with Crippen molar-refractivity contribution >= 4 is 22.5 Å². The van der Waals surface area contributed by atoms with Gasteiger partial charge in [0.1, 0.15) is 5.82 Å². The Bertz CT molecular complexity index is 1140. The second-order valence-electron chi connectivity index (χ2n) is 5.70. The maximum absolute atomic E-state index is 12.6. The van der Waals surface area contributed by atoms with Crippen LogP contribution in [0.1, 0.15) is 10.5 Å². The van der Waals surface area contributed by atoms with Crippen molar-refractivity contribution in [1.82, 2.24) is 15.2 Å². The van der Waals surface area contributed by atoms with Crippen LogP contribution in [-0.2, 0) is 0 Å². The third-order valence-corrected chi connectivity index (χ3v) is 4.02. The molecule has 126 valence electrons. The molecule has 0 atom stereocenters. The number of aromatic amines is 1. The van der Waals surface area contributed by atoms with Crippen molar-refractivity contribution in [3.63, 3.8) is 0 Å². The van der Waals surface area contributed by atoms with E-state index in [9.17, 15) is 9.59 Å². The fourth-order valence-corrected chi connectivity index (χ4v) is 2.73. The molecule has 0 saturated carbocycles. The van der Waals surface area contributed by atoms with E-state index in [1.807, 2.05) is 36.4 Å². The number of H-pyrrole nitrogens is 1. The summed E-state index contributed by atoms with van der Waals surface area (Å²) in [5.41, 5.74) is 1.82. The molecular formula is C20H14N4O2. The number of nitrogens with zero attached hydrogens (tertiary/aromatic N) is 2. The number of fused-ring (bicyclic) bond motifs is 1. The lowest BCUT2D eigenvalue weighted by atomic mass is 10.1. The molecule has 6 nitrogen and oxygen atoms in total. The van der Waals surface area contributed by atoms with E-state index in [0.717, 1.165) is 11.1 Å². The summed E-state index contributed by atoms with van der Waals surface area (Å²) < 4.78 is 0. The average molecular weight is 342 g/mol. The van der Waals surface area contributed by atoms with Crippen molar-refractivity contribution in [1.29, 1.82) is 0 Å². The van der Waals surface area contributed by atoms with Gasteiger partial charge in [0.15, 0.2) is 5.69 Å². The van der Waals surface area contributed by atoms with Gasteiger partial charge in [-0.2, -0.15) is 5.10 Å². The molecule has 2 aromatic heterocycles. The van der Waals surface area contributed by atoms with E-state index in [4.69, 9.17) is 0 Å². The van der Waals surface area contributed by atoms with Gasteiger partial charge in [-0.05, 0) is 23.8 Å². The number of hydrogen-bond acceptors (Lipinski definition) is 4. The van der Waals surface area contributed by atoms with E-state index in [1.54, 1.807) is 36.5 Å². The molecule has 26 heavy (non-hydrogen) atoms. The van der Waals surface area contributed by atoms with E-state index < -0.39 is 5.91 Å². The second kappa shape index (κ2) is 6.60. The standard InChI is InChI=1S/C20H14N4O2/c25-19-16-9-5-4-8-15(16)18(23-24-19)20(26)22-17-11-10-14(12-21-17)13-6-2-1-3-7-13/h1-12H,(H,24,25)(H,21,22,26). The first-order chi connectivity index (χ1) is 12.7.